The Balaban J connectivity index is 1.84. The van der Waals surface area contributed by atoms with Crippen LogP contribution in [0, 0.1) is 20.8 Å². The summed E-state index contributed by atoms with van der Waals surface area (Å²) in [5.74, 6) is 0.0184. The Kier molecular flexibility index (Phi) is 6.17. The van der Waals surface area contributed by atoms with Crippen molar-refractivity contribution in [2.45, 2.75) is 33.8 Å². The van der Waals surface area contributed by atoms with Crippen LogP contribution in [0.5, 0.6) is 5.75 Å². The van der Waals surface area contributed by atoms with E-state index in [4.69, 9.17) is 4.74 Å². The third kappa shape index (κ3) is 5.35. The summed E-state index contributed by atoms with van der Waals surface area (Å²) in [6.07, 6.45) is -0.685. The zero-order valence-electron chi connectivity index (χ0n) is 15.1. The van der Waals surface area contributed by atoms with E-state index in [9.17, 15) is 9.59 Å². The molecule has 2 aromatic rings. The van der Waals surface area contributed by atoms with Crippen molar-refractivity contribution in [1.82, 2.24) is 5.32 Å². The van der Waals surface area contributed by atoms with Crippen molar-refractivity contribution >= 4 is 17.5 Å². The van der Waals surface area contributed by atoms with Gasteiger partial charge in [-0.3, -0.25) is 9.59 Å². The highest BCUT2D eigenvalue weighted by molar-refractivity contribution is 5.95. The molecule has 2 amide bonds. The highest BCUT2D eigenvalue weighted by atomic mass is 16.5. The first-order chi connectivity index (χ1) is 11.9. The SMILES string of the molecule is Cc1cccc(OC(C)C(=O)NCC(=O)Nc2cccc(C)c2C)c1. The third-order valence-electron chi connectivity index (χ3n) is 3.97. The summed E-state index contributed by atoms with van der Waals surface area (Å²) in [7, 11) is 0. The maximum atomic E-state index is 12.1. The minimum atomic E-state index is -0.685. The van der Waals surface area contributed by atoms with Crippen molar-refractivity contribution in [2.75, 3.05) is 11.9 Å². The molecular weight excluding hydrogens is 316 g/mol. The van der Waals surface area contributed by atoms with Crippen molar-refractivity contribution in [1.29, 1.82) is 0 Å². The lowest BCUT2D eigenvalue weighted by Crippen LogP contribution is -2.40. The molecule has 1 atom stereocenters. The number of carbonyl (C=O) groups is 2. The van der Waals surface area contributed by atoms with Gasteiger partial charge < -0.3 is 15.4 Å². The van der Waals surface area contributed by atoms with Crippen molar-refractivity contribution in [2.24, 2.45) is 0 Å². The molecule has 25 heavy (non-hydrogen) atoms. The quantitative estimate of drug-likeness (QED) is 0.849. The van der Waals surface area contributed by atoms with Gasteiger partial charge in [-0.2, -0.15) is 0 Å². The van der Waals surface area contributed by atoms with Crippen LogP contribution in [0.15, 0.2) is 42.5 Å². The zero-order chi connectivity index (χ0) is 18.4. The Bertz CT molecular complexity index is 771. The van der Waals surface area contributed by atoms with Gasteiger partial charge in [-0.05, 0) is 62.6 Å². The van der Waals surface area contributed by atoms with Crippen LogP contribution in [0.4, 0.5) is 5.69 Å². The Morgan fingerprint density at radius 2 is 1.80 bits per heavy atom. The maximum absolute atomic E-state index is 12.1. The topological polar surface area (TPSA) is 67.4 Å². The normalized spacial score (nSPS) is 11.5. The fourth-order valence-corrected chi connectivity index (χ4v) is 2.34. The van der Waals surface area contributed by atoms with Gasteiger partial charge in [-0.25, -0.2) is 0 Å². The molecule has 0 aliphatic rings. The predicted molar refractivity (Wildman–Crippen MR) is 98.8 cm³/mol. The molecule has 2 rings (SSSR count). The van der Waals surface area contributed by atoms with Crippen LogP contribution in [-0.2, 0) is 9.59 Å². The number of nitrogens with one attached hydrogen (secondary N) is 2. The second-order valence-corrected chi connectivity index (χ2v) is 6.09. The lowest BCUT2D eigenvalue weighted by Gasteiger charge is -2.15. The largest absolute Gasteiger partial charge is 0.481 e. The van der Waals surface area contributed by atoms with Gasteiger partial charge in [0.15, 0.2) is 6.10 Å². The monoisotopic (exact) mass is 340 g/mol. The number of carbonyl (C=O) groups excluding carboxylic acids is 2. The summed E-state index contributed by atoms with van der Waals surface area (Å²) in [6.45, 7) is 7.43. The predicted octanol–water partition coefficient (Wildman–Crippen LogP) is 3.13. The van der Waals surface area contributed by atoms with Gasteiger partial charge in [0.2, 0.25) is 5.91 Å². The van der Waals surface area contributed by atoms with E-state index in [2.05, 4.69) is 10.6 Å². The second-order valence-electron chi connectivity index (χ2n) is 6.09. The van der Waals surface area contributed by atoms with E-state index >= 15 is 0 Å². The summed E-state index contributed by atoms with van der Waals surface area (Å²) in [5, 5.41) is 5.40. The second kappa shape index (κ2) is 8.33. The molecule has 0 aliphatic heterocycles. The third-order valence-corrected chi connectivity index (χ3v) is 3.97. The Morgan fingerprint density at radius 1 is 1.08 bits per heavy atom. The summed E-state index contributed by atoms with van der Waals surface area (Å²) in [5.41, 5.74) is 3.92. The summed E-state index contributed by atoms with van der Waals surface area (Å²) in [6, 6.07) is 13.2. The summed E-state index contributed by atoms with van der Waals surface area (Å²) in [4.78, 5) is 24.1. The van der Waals surface area contributed by atoms with E-state index < -0.39 is 6.10 Å². The minimum Gasteiger partial charge on any atom is -0.481 e. The number of anilines is 1. The number of amides is 2. The van der Waals surface area contributed by atoms with E-state index in [-0.39, 0.29) is 18.4 Å². The smallest absolute Gasteiger partial charge is 0.261 e. The summed E-state index contributed by atoms with van der Waals surface area (Å²) < 4.78 is 5.60. The molecule has 5 nitrogen and oxygen atoms in total. The van der Waals surface area contributed by atoms with Crippen LogP contribution in [0.2, 0.25) is 0 Å². The minimum absolute atomic E-state index is 0.103. The van der Waals surface area contributed by atoms with Gasteiger partial charge in [-0.1, -0.05) is 24.3 Å². The highest BCUT2D eigenvalue weighted by Crippen LogP contribution is 2.17. The van der Waals surface area contributed by atoms with Crippen LogP contribution in [-0.4, -0.2) is 24.5 Å². The van der Waals surface area contributed by atoms with E-state index in [0.29, 0.717) is 5.75 Å². The molecule has 0 aromatic heterocycles. The van der Waals surface area contributed by atoms with Crippen LogP contribution in [0.25, 0.3) is 0 Å². The van der Waals surface area contributed by atoms with Gasteiger partial charge in [0.25, 0.3) is 5.91 Å². The first-order valence-electron chi connectivity index (χ1n) is 8.24. The van der Waals surface area contributed by atoms with Crippen molar-refractivity contribution in [3.63, 3.8) is 0 Å². The molecule has 0 radical (unpaired) electrons. The van der Waals surface area contributed by atoms with E-state index in [1.807, 2.05) is 57.2 Å². The average Bonchev–Trinajstić information content (AvgIpc) is 2.57. The molecule has 0 saturated carbocycles. The molecule has 1 unspecified atom stereocenters. The van der Waals surface area contributed by atoms with Gasteiger partial charge in [-0.15, -0.1) is 0 Å². The van der Waals surface area contributed by atoms with Gasteiger partial charge >= 0.3 is 0 Å². The van der Waals surface area contributed by atoms with Gasteiger partial charge in [0.1, 0.15) is 5.75 Å². The van der Waals surface area contributed by atoms with E-state index in [1.165, 1.54) is 0 Å². The Morgan fingerprint density at radius 3 is 2.52 bits per heavy atom. The Hall–Kier alpha value is -2.82. The van der Waals surface area contributed by atoms with Crippen molar-refractivity contribution < 1.29 is 14.3 Å². The molecule has 0 saturated heterocycles. The molecule has 132 valence electrons. The van der Waals surface area contributed by atoms with Gasteiger partial charge in [0.05, 0.1) is 6.54 Å². The number of aryl methyl sites for hydroxylation is 2. The molecule has 0 heterocycles. The van der Waals surface area contributed by atoms with Crippen molar-refractivity contribution in [3.8, 4) is 5.75 Å². The Labute approximate surface area is 148 Å². The zero-order valence-corrected chi connectivity index (χ0v) is 15.1. The van der Waals surface area contributed by atoms with Crippen LogP contribution < -0.4 is 15.4 Å². The number of hydrogen-bond donors (Lipinski definition) is 2. The first-order valence-corrected chi connectivity index (χ1v) is 8.24. The molecule has 2 N–H and O–H groups in total. The fraction of sp³-hybridized carbons (Fsp3) is 0.300. The number of benzene rings is 2. The maximum Gasteiger partial charge on any atom is 0.261 e. The van der Waals surface area contributed by atoms with Crippen LogP contribution >= 0.6 is 0 Å². The van der Waals surface area contributed by atoms with Crippen LogP contribution in [0.1, 0.15) is 23.6 Å². The molecule has 5 heteroatoms. The molecule has 0 fully saturated rings. The lowest BCUT2D eigenvalue weighted by atomic mass is 10.1. The fourth-order valence-electron chi connectivity index (χ4n) is 2.34. The summed E-state index contributed by atoms with van der Waals surface area (Å²) >= 11 is 0. The molecule has 0 aliphatic carbocycles. The first kappa shape index (κ1) is 18.5. The number of hydrogen-bond acceptors (Lipinski definition) is 3. The average molecular weight is 340 g/mol. The number of rotatable bonds is 6. The molecule has 0 spiro atoms. The number of ether oxygens (including phenoxy) is 1. The van der Waals surface area contributed by atoms with Crippen LogP contribution in [0.3, 0.4) is 0 Å². The molecule has 0 bridgehead atoms. The van der Waals surface area contributed by atoms with E-state index in [1.54, 1.807) is 13.0 Å². The highest BCUT2D eigenvalue weighted by Gasteiger charge is 2.16. The van der Waals surface area contributed by atoms with Crippen molar-refractivity contribution in [3.05, 3.63) is 59.2 Å². The molecular formula is C20H24N2O3. The standard InChI is InChI=1S/C20H24N2O3/c1-13-7-5-9-17(11-13)25-16(4)20(24)21-12-19(23)22-18-10-6-8-14(2)15(18)3/h5-11,16H,12H2,1-4H3,(H,21,24)(H,22,23). The van der Waals surface area contributed by atoms with E-state index in [0.717, 1.165) is 22.4 Å². The lowest BCUT2D eigenvalue weighted by molar-refractivity contribution is -0.129. The molecule has 2 aromatic carbocycles. The van der Waals surface area contributed by atoms with Gasteiger partial charge in [0, 0.05) is 5.69 Å².